The number of hydrogen-bond acceptors (Lipinski definition) is 4. The van der Waals surface area contributed by atoms with Crippen molar-refractivity contribution in [3.05, 3.63) is 47.4 Å². The van der Waals surface area contributed by atoms with E-state index in [1.165, 1.54) is 12.1 Å². The maximum atomic E-state index is 13.0. The Kier molecular flexibility index (Phi) is 4.81. The van der Waals surface area contributed by atoms with Gasteiger partial charge in [0.1, 0.15) is 5.82 Å². The summed E-state index contributed by atoms with van der Waals surface area (Å²) in [4.78, 5) is 15.6. The molecule has 0 atom stereocenters. The van der Waals surface area contributed by atoms with Crippen LogP contribution in [0.4, 0.5) is 4.39 Å². The number of aryl methyl sites for hydroxylation is 2. The molecule has 1 heterocycles. The van der Waals surface area contributed by atoms with Gasteiger partial charge in [0.15, 0.2) is 5.82 Å². The fraction of sp³-hybridized carbons (Fsp3) is 0.357. The average Bonchev–Trinajstić information content (AvgIpc) is 2.82. The zero-order valence-electron chi connectivity index (χ0n) is 11.2. The van der Waals surface area contributed by atoms with Crippen LogP contribution in [0.1, 0.15) is 23.7 Å². The Bertz CT molecular complexity index is 583. The lowest BCUT2D eigenvalue weighted by Gasteiger charge is -2.04. The van der Waals surface area contributed by atoms with E-state index in [9.17, 15) is 9.18 Å². The van der Waals surface area contributed by atoms with Gasteiger partial charge in [-0.1, -0.05) is 17.3 Å². The van der Waals surface area contributed by atoms with Crippen molar-refractivity contribution >= 4 is 5.91 Å². The predicted molar refractivity (Wildman–Crippen MR) is 70.5 cm³/mol. The molecule has 1 aromatic heterocycles. The standard InChI is InChI=1S/C14H16FN3O2/c1-10-17-14(20-18-10)6-5-13(19)16-8-7-11-3-2-4-12(15)9-11/h2-4,9H,5-8H2,1H3,(H,16,19). The van der Waals surface area contributed by atoms with Crippen molar-refractivity contribution < 1.29 is 13.7 Å². The third-order valence-corrected chi connectivity index (χ3v) is 2.76. The van der Waals surface area contributed by atoms with Crippen molar-refractivity contribution in [1.29, 1.82) is 0 Å². The van der Waals surface area contributed by atoms with Crippen LogP contribution >= 0.6 is 0 Å². The molecule has 1 aromatic carbocycles. The first kappa shape index (κ1) is 14.2. The summed E-state index contributed by atoms with van der Waals surface area (Å²) in [6, 6.07) is 6.35. The van der Waals surface area contributed by atoms with Crippen LogP contribution in [-0.4, -0.2) is 22.6 Å². The largest absolute Gasteiger partial charge is 0.356 e. The molecular formula is C14H16FN3O2. The molecule has 6 heteroatoms. The molecular weight excluding hydrogens is 261 g/mol. The van der Waals surface area contributed by atoms with Crippen LogP contribution in [0.5, 0.6) is 0 Å². The van der Waals surface area contributed by atoms with Gasteiger partial charge in [-0.05, 0) is 31.0 Å². The molecule has 0 aliphatic heterocycles. The molecule has 0 bridgehead atoms. The van der Waals surface area contributed by atoms with Gasteiger partial charge in [-0.3, -0.25) is 4.79 Å². The van der Waals surface area contributed by atoms with Gasteiger partial charge in [0.05, 0.1) is 0 Å². The Morgan fingerprint density at radius 1 is 1.40 bits per heavy atom. The molecule has 2 rings (SSSR count). The summed E-state index contributed by atoms with van der Waals surface area (Å²) >= 11 is 0. The Balaban J connectivity index is 1.67. The predicted octanol–water partition coefficient (Wildman–Crippen LogP) is 1.81. The summed E-state index contributed by atoms with van der Waals surface area (Å²) in [5, 5.41) is 6.43. The number of aromatic nitrogens is 2. The molecule has 0 aliphatic rings. The summed E-state index contributed by atoms with van der Waals surface area (Å²) in [7, 11) is 0. The third-order valence-electron chi connectivity index (χ3n) is 2.76. The monoisotopic (exact) mass is 277 g/mol. The van der Waals surface area contributed by atoms with E-state index in [1.807, 2.05) is 6.07 Å². The van der Waals surface area contributed by atoms with Crippen LogP contribution in [0.2, 0.25) is 0 Å². The second-order valence-corrected chi connectivity index (χ2v) is 4.47. The zero-order chi connectivity index (χ0) is 14.4. The Hall–Kier alpha value is -2.24. The van der Waals surface area contributed by atoms with Crippen molar-refractivity contribution in [3.63, 3.8) is 0 Å². The van der Waals surface area contributed by atoms with Gasteiger partial charge in [-0.25, -0.2) is 4.39 Å². The second-order valence-electron chi connectivity index (χ2n) is 4.47. The van der Waals surface area contributed by atoms with E-state index < -0.39 is 0 Å². The normalized spacial score (nSPS) is 10.5. The van der Waals surface area contributed by atoms with Gasteiger partial charge in [0, 0.05) is 19.4 Å². The second kappa shape index (κ2) is 6.79. The molecule has 0 saturated carbocycles. The molecule has 106 valence electrons. The topological polar surface area (TPSA) is 68.0 Å². The van der Waals surface area contributed by atoms with Crippen LogP contribution < -0.4 is 5.32 Å². The van der Waals surface area contributed by atoms with Crippen molar-refractivity contribution in [2.24, 2.45) is 0 Å². The van der Waals surface area contributed by atoms with E-state index in [4.69, 9.17) is 4.52 Å². The number of halogens is 1. The lowest BCUT2D eigenvalue weighted by Crippen LogP contribution is -2.25. The lowest BCUT2D eigenvalue weighted by atomic mass is 10.1. The van der Waals surface area contributed by atoms with Crippen LogP contribution in [0.3, 0.4) is 0 Å². The lowest BCUT2D eigenvalue weighted by molar-refractivity contribution is -0.121. The molecule has 2 aromatic rings. The minimum atomic E-state index is -0.263. The van der Waals surface area contributed by atoms with E-state index in [0.717, 1.165) is 5.56 Å². The molecule has 5 nitrogen and oxygen atoms in total. The van der Waals surface area contributed by atoms with Gasteiger partial charge < -0.3 is 9.84 Å². The number of benzene rings is 1. The summed E-state index contributed by atoms with van der Waals surface area (Å²) in [6.07, 6.45) is 1.32. The maximum Gasteiger partial charge on any atom is 0.227 e. The number of hydrogen-bond donors (Lipinski definition) is 1. The first-order valence-electron chi connectivity index (χ1n) is 6.44. The average molecular weight is 277 g/mol. The highest BCUT2D eigenvalue weighted by Gasteiger charge is 2.07. The number of amides is 1. The molecule has 0 unspecified atom stereocenters. The SMILES string of the molecule is Cc1noc(CCC(=O)NCCc2cccc(F)c2)n1. The van der Waals surface area contributed by atoms with E-state index in [1.54, 1.807) is 13.0 Å². The molecule has 0 radical (unpaired) electrons. The maximum absolute atomic E-state index is 13.0. The molecule has 1 N–H and O–H groups in total. The zero-order valence-corrected chi connectivity index (χ0v) is 11.2. The van der Waals surface area contributed by atoms with Gasteiger partial charge in [-0.2, -0.15) is 4.98 Å². The first-order chi connectivity index (χ1) is 9.63. The molecule has 0 aliphatic carbocycles. The van der Waals surface area contributed by atoms with Crippen LogP contribution in [-0.2, 0) is 17.6 Å². The number of carbonyl (C=O) groups is 1. The molecule has 0 spiro atoms. The number of nitrogens with one attached hydrogen (secondary N) is 1. The van der Waals surface area contributed by atoms with Crippen LogP contribution in [0, 0.1) is 12.7 Å². The van der Waals surface area contributed by atoms with Gasteiger partial charge in [0.25, 0.3) is 0 Å². The van der Waals surface area contributed by atoms with Crippen molar-refractivity contribution in [3.8, 4) is 0 Å². The summed E-state index contributed by atoms with van der Waals surface area (Å²) in [5.74, 6) is 0.673. The third kappa shape index (κ3) is 4.46. The highest BCUT2D eigenvalue weighted by Crippen LogP contribution is 2.04. The van der Waals surface area contributed by atoms with E-state index >= 15 is 0 Å². The van der Waals surface area contributed by atoms with Crippen LogP contribution in [0.25, 0.3) is 0 Å². The number of nitrogens with zero attached hydrogens (tertiary/aromatic N) is 2. The first-order valence-corrected chi connectivity index (χ1v) is 6.44. The van der Waals surface area contributed by atoms with Gasteiger partial charge in [-0.15, -0.1) is 0 Å². The fourth-order valence-corrected chi connectivity index (χ4v) is 1.79. The Morgan fingerprint density at radius 3 is 2.95 bits per heavy atom. The molecule has 20 heavy (non-hydrogen) atoms. The minimum absolute atomic E-state index is 0.0859. The van der Waals surface area contributed by atoms with E-state index in [0.29, 0.717) is 37.5 Å². The highest BCUT2D eigenvalue weighted by molar-refractivity contribution is 5.75. The smallest absolute Gasteiger partial charge is 0.227 e. The highest BCUT2D eigenvalue weighted by atomic mass is 19.1. The molecule has 1 amide bonds. The number of carbonyl (C=O) groups excluding carboxylic acids is 1. The van der Waals surface area contributed by atoms with Gasteiger partial charge >= 0.3 is 0 Å². The van der Waals surface area contributed by atoms with Crippen molar-refractivity contribution in [2.75, 3.05) is 6.54 Å². The van der Waals surface area contributed by atoms with E-state index in [-0.39, 0.29) is 11.7 Å². The summed E-state index contributed by atoms with van der Waals surface area (Å²) in [6.45, 7) is 2.21. The fourth-order valence-electron chi connectivity index (χ4n) is 1.79. The van der Waals surface area contributed by atoms with Crippen LogP contribution in [0.15, 0.2) is 28.8 Å². The van der Waals surface area contributed by atoms with Crippen molar-refractivity contribution in [2.45, 2.75) is 26.2 Å². The Labute approximate surface area is 116 Å². The Morgan fingerprint density at radius 2 is 2.25 bits per heavy atom. The van der Waals surface area contributed by atoms with Gasteiger partial charge in [0.2, 0.25) is 11.8 Å². The quantitative estimate of drug-likeness (QED) is 0.874. The van der Waals surface area contributed by atoms with Crippen molar-refractivity contribution in [1.82, 2.24) is 15.5 Å². The molecule has 0 saturated heterocycles. The molecule has 0 fully saturated rings. The minimum Gasteiger partial charge on any atom is -0.356 e. The number of rotatable bonds is 6. The summed E-state index contributed by atoms with van der Waals surface area (Å²) < 4.78 is 17.9. The van der Waals surface area contributed by atoms with E-state index in [2.05, 4.69) is 15.5 Å². The summed E-state index contributed by atoms with van der Waals surface area (Å²) in [5.41, 5.74) is 0.859.